The van der Waals surface area contributed by atoms with Crippen LogP contribution in [0.5, 0.6) is 0 Å². The Kier molecular flexibility index (Phi) is 5.50. The number of carbonyl (C=O) groups is 1. The van der Waals surface area contributed by atoms with Crippen LogP contribution in [0.15, 0.2) is 70.3 Å². The van der Waals surface area contributed by atoms with Gasteiger partial charge in [-0.1, -0.05) is 64.5 Å². The minimum atomic E-state index is -0.371. The monoisotopic (exact) mass is 416 g/mol. The van der Waals surface area contributed by atoms with Crippen molar-refractivity contribution in [3.8, 4) is 0 Å². The summed E-state index contributed by atoms with van der Waals surface area (Å²) < 4.78 is 6.43. The molecule has 1 aliphatic rings. The molecule has 0 amide bonds. The fourth-order valence-corrected chi connectivity index (χ4v) is 3.49. The first-order valence-electron chi connectivity index (χ1n) is 7.80. The molecule has 0 radical (unpaired) electrons. The lowest BCUT2D eigenvalue weighted by molar-refractivity contribution is -0.140. The maximum Gasteiger partial charge on any atom is 0.338 e. The number of benzene rings is 2. The molecule has 0 aliphatic carbocycles. The van der Waals surface area contributed by atoms with Crippen molar-refractivity contribution in [3.05, 3.63) is 81.5 Å². The van der Waals surface area contributed by atoms with E-state index < -0.39 is 0 Å². The van der Waals surface area contributed by atoms with Gasteiger partial charge in [0, 0.05) is 10.2 Å². The molecule has 2 N–H and O–H groups in total. The van der Waals surface area contributed by atoms with Crippen molar-refractivity contribution in [3.63, 3.8) is 0 Å². The summed E-state index contributed by atoms with van der Waals surface area (Å²) in [7, 11) is 0. The summed E-state index contributed by atoms with van der Waals surface area (Å²) in [4.78, 5) is 12.8. The van der Waals surface area contributed by atoms with E-state index in [0.29, 0.717) is 16.4 Å². The van der Waals surface area contributed by atoms with Gasteiger partial charge in [-0.05, 0) is 36.3 Å². The highest BCUT2D eigenvalue weighted by Crippen LogP contribution is 2.32. The van der Waals surface area contributed by atoms with E-state index in [2.05, 4.69) is 26.6 Å². The Balaban J connectivity index is 1.87. The van der Waals surface area contributed by atoms with E-state index in [1.165, 1.54) is 0 Å². The molecule has 0 saturated heterocycles. The summed E-state index contributed by atoms with van der Waals surface area (Å²) in [6.45, 7) is 2.06. The van der Waals surface area contributed by atoms with Crippen molar-refractivity contribution >= 4 is 39.2 Å². The highest BCUT2D eigenvalue weighted by molar-refractivity contribution is 9.10. The molecule has 3 rings (SSSR count). The first-order chi connectivity index (χ1) is 12.1. The van der Waals surface area contributed by atoms with Crippen LogP contribution >= 0.6 is 28.1 Å². The first kappa shape index (κ1) is 17.6. The van der Waals surface area contributed by atoms with Crippen LogP contribution in [0.25, 0.3) is 0 Å². The summed E-state index contributed by atoms with van der Waals surface area (Å²) >= 11 is 8.81. The van der Waals surface area contributed by atoms with E-state index in [4.69, 9.17) is 17.0 Å². The lowest BCUT2D eigenvalue weighted by Gasteiger charge is -2.30. The fraction of sp³-hybridized carbons (Fsp3) is 0.158. The number of rotatable bonds is 4. The molecule has 2 aromatic rings. The van der Waals surface area contributed by atoms with Gasteiger partial charge in [0.15, 0.2) is 5.11 Å². The number of nitrogens with one attached hydrogen (secondary N) is 2. The Morgan fingerprint density at radius 2 is 1.84 bits per heavy atom. The van der Waals surface area contributed by atoms with Gasteiger partial charge in [-0.25, -0.2) is 4.79 Å². The topological polar surface area (TPSA) is 50.4 Å². The van der Waals surface area contributed by atoms with E-state index in [1.807, 2.05) is 61.5 Å². The Bertz CT molecular complexity index is 836. The number of hydrogen-bond donors (Lipinski definition) is 2. The Labute approximate surface area is 160 Å². The maximum absolute atomic E-state index is 12.8. The van der Waals surface area contributed by atoms with Crippen molar-refractivity contribution in [2.45, 2.75) is 19.6 Å². The van der Waals surface area contributed by atoms with Crippen LogP contribution in [0.3, 0.4) is 0 Å². The van der Waals surface area contributed by atoms with Crippen LogP contribution in [0, 0.1) is 0 Å². The molecule has 25 heavy (non-hydrogen) atoms. The molecule has 128 valence electrons. The maximum atomic E-state index is 12.8. The van der Waals surface area contributed by atoms with Gasteiger partial charge in [0.1, 0.15) is 6.61 Å². The van der Waals surface area contributed by atoms with Gasteiger partial charge in [0.2, 0.25) is 0 Å². The molecule has 2 aromatic carbocycles. The summed E-state index contributed by atoms with van der Waals surface area (Å²) in [5.41, 5.74) is 3.09. The van der Waals surface area contributed by atoms with Gasteiger partial charge < -0.3 is 15.4 Å². The lowest BCUT2D eigenvalue weighted by atomic mass is 9.96. The third kappa shape index (κ3) is 4.08. The van der Waals surface area contributed by atoms with Gasteiger partial charge >= 0.3 is 5.97 Å². The number of carbonyl (C=O) groups excluding carboxylic acids is 1. The third-order valence-electron chi connectivity index (χ3n) is 3.92. The van der Waals surface area contributed by atoms with Gasteiger partial charge in [-0.2, -0.15) is 0 Å². The molecular weight excluding hydrogens is 400 g/mol. The fourth-order valence-electron chi connectivity index (χ4n) is 2.71. The number of allylic oxidation sites excluding steroid dienone is 1. The second kappa shape index (κ2) is 7.80. The minimum absolute atomic E-state index is 0.226. The summed E-state index contributed by atoms with van der Waals surface area (Å²) in [5.74, 6) is -0.371. The molecule has 0 fully saturated rings. The molecule has 1 unspecified atom stereocenters. The molecule has 1 aliphatic heterocycles. The van der Waals surface area contributed by atoms with Crippen LogP contribution in [0.1, 0.15) is 24.1 Å². The molecule has 0 bridgehead atoms. The second-order valence-electron chi connectivity index (χ2n) is 5.65. The highest BCUT2D eigenvalue weighted by atomic mass is 79.9. The van der Waals surface area contributed by atoms with Gasteiger partial charge in [0.25, 0.3) is 0 Å². The molecule has 4 nitrogen and oxygen atoms in total. The number of esters is 1. The van der Waals surface area contributed by atoms with Crippen molar-refractivity contribution < 1.29 is 9.53 Å². The number of thiocarbonyl (C=S) groups is 1. The summed E-state index contributed by atoms with van der Waals surface area (Å²) in [6, 6.07) is 17.0. The predicted molar refractivity (Wildman–Crippen MR) is 105 cm³/mol. The van der Waals surface area contributed by atoms with Crippen LogP contribution in [-0.2, 0) is 16.1 Å². The van der Waals surface area contributed by atoms with E-state index in [0.717, 1.165) is 15.6 Å². The van der Waals surface area contributed by atoms with Crippen LogP contribution in [0.4, 0.5) is 0 Å². The van der Waals surface area contributed by atoms with Crippen LogP contribution in [-0.4, -0.2) is 11.1 Å². The molecular formula is C19H17BrN2O2S. The zero-order chi connectivity index (χ0) is 17.8. The second-order valence-corrected chi connectivity index (χ2v) is 6.92. The summed E-state index contributed by atoms with van der Waals surface area (Å²) in [5, 5.41) is 6.66. The van der Waals surface area contributed by atoms with Crippen LogP contribution in [0.2, 0.25) is 0 Å². The number of ether oxygens (including phenoxy) is 1. The molecule has 1 atom stereocenters. The van der Waals surface area contributed by atoms with Crippen molar-refractivity contribution in [2.75, 3.05) is 0 Å². The minimum Gasteiger partial charge on any atom is -0.457 e. The molecule has 0 saturated carbocycles. The van der Waals surface area contributed by atoms with Crippen LogP contribution < -0.4 is 10.6 Å². The van der Waals surface area contributed by atoms with Gasteiger partial charge in [-0.15, -0.1) is 0 Å². The van der Waals surface area contributed by atoms with Crippen molar-refractivity contribution in [1.29, 1.82) is 0 Å². The average molecular weight is 417 g/mol. The summed E-state index contributed by atoms with van der Waals surface area (Å²) in [6.07, 6.45) is 0. The normalized spacial score (nSPS) is 16.9. The lowest BCUT2D eigenvalue weighted by Crippen LogP contribution is -2.45. The Morgan fingerprint density at radius 1 is 1.16 bits per heavy atom. The third-order valence-corrected chi connectivity index (χ3v) is 4.86. The first-order valence-corrected chi connectivity index (χ1v) is 9.00. The zero-order valence-corrected chi connectivity index (χ0v) is 16.0. The molecule has 0 aromatic heterocycles. The Hall–Kier alpha value is -2.18. The Morgan fingerprint density at radius 3 is 2.56 bits per heavy atom. The smallest absolute Gasteiger partial charge is 0.338 e. The van der Waals surface area contributed by atoms with Crippen molar-refractivity contribution in [1.82, 2.24) is 10.6 Å². The van der Waals surface area contributed by atoms with E-state index in [9.17, 15) is 4.79 Å². The van der Waals surface area contributed by atoms with E-state index >= 15 is 0 Å². The zero-order valence-electron chi connectivity index (χ0n) is 13.6. The van der Waals surface area contributed by atoms with Gasteiger partial charge in [-0.3, -0.25) is 0 Å². The van der Waals surface area contributed by atoms with E-state index in [-0.39, 0.29) is 18.6 Å². The van der Waals surface area contributed by atoms with Gasteiger partial charge in [0.05, 0.1) is 11.6 Å². The molecule has 6 heteroatoms. The largest absolute Gasteiger partial charge is 0.457 e. The SMILES string of the molecule is CC1=C(C(=O)OCc2ccccc2)C(c2ccccc2Br)NC(=S)N1. The molecule has 0 spiro atoms. The number of hydrogen-bond acceptors (Lipinski definition) is 3. The van der Waals surface area contributed by atoms with Crippen molar-refractivity contribution in [2.24, 2.45) is 0 Å². The highest BCUT2D eigenvalue weighted by Gasteiger charge is 2.31. The standard InChI is InChI=1S/C19H17BrN2O2S/c1-12-16(18(23)24-11-13-7-3-2-4-8-13)17(22-19(25)21-12)14-9-5-6-10-15(14)20/h2-10,17H,11H2,1H3,(H2,21,22,25). The number of halogens is 1. The quantitative estimate of drug-likeness (QED) is 0.582. The van der Waals surface area contributed by atoms with E-state index in [1.54, 1.807) is 0 Å². The predicted octanol–water partition coefficient (Wildman–Crippen LogP) is 3.99. The molecule has 1 heterocycles. The average Bonchev–Trinajstić information content (AvgIpc) is 2.60.